The zero-order chi connectivity index (χ0) is 30.4. The van der Waals surface area contributed by atoms with E-state index in [1.807, 2.05) is 20.8 Å². The van der Waals surface area contributed by atoms with Crippen molar-refractivity contribution < 1.29 is 14.4 Å². The molecule has 12 nitrogen and oxygen atoms in total. The first-order valence-electron chi connectivity index (χ1n) is 15.4. The third-order valence-electron chi connectivity index (χ3n) is 10.2. The minimum Gasteiger partial charge on any atom is -0.247 e. The Morgan fingerprint density at radius 1 is 0.524 bits per heavy atom. The Balaban J connectivity index is 1.83. The molecule has 0 N–H and O–H groups in total. The van der Waals surface area contributed by atoms with Gasteiger partial charge in [-0.1, -0.05) is 19.3 Å². The summed E-state index contributed by atoms with van der Waals surface area (Å²) in [4.78, 5) is 87.0. The van der Waals surface area contributed by atoms with Crippen LogP contribution in [-0.2, 0) is 14.4 Å². The van der Waals surface area contributed by atoms with Crippen molar-refractivity contribution in [3.8, 4) is 0 Å². The van der Waals surface area contributed by atoms with E-state index < -0.39 is 35.2 Å². The Morgan fingerprint density at radius 2 is 0.786 bits per heavy atom. The zero-order valence-corrected chi connectivity index (χ0v) is 24.8. The Kier molecular flexibility index (Phi) is 10.6. The number of hydrogen-bond acceptors (Lipinski definition) is 9. The summed E-state index contributed by atoms with van der Waals surface area (Å²) < 4.78 is 3.87. The molecule has 4 rings (SSSR count). The van der Waals surface area contributed by atoms with Gasteiger partial charge in [0.25, 0.3) is 0 Å². The maximum atomic E-state index is 14.2. The van der Waals surface area contributed by atoms with E-state index in [4.69, 9.17) is 0 Å². The average molecular weight is 583 g/mol. The molecule has 12 heteroatoms. The molecule has 228 valence electrons. The molecule has 3 aliphatic rings. The van der Waals surface area contributed by atoms with E-state index in [2.05, 4.69) is 15.0 Å². The largest absolute Gasteiger partial charge is 0.336 e. The van der Waals surface area contributed by atoms with Crippen molar-refractivity contribution in [1.82, 2.24) is 13.7 Å². The molecular weight excluding hydrogens is 540 g/mol. The van der Waals surface area contributed by atoms with Gasteiger partial charge in [0, 0.05) is 18.1 Å². The van der Waals surface area contributed by atoms with E-state index in [1.54, 1.807) is 18.2 Å². The van der Waals surface area contributed by atoms with Crippen molar-refractivity contribution >= 4 is 18.2 Å². The third-order valence-corrected chi connectivity index (χ3v) is 10.2. The highest BCUT2D eigenvalue weighted by Crippen LogP contribution is 2.37. The standard InChI is InChI=1S/C30H42N6O6/c1-19(31-16-37)22-7-4-10-25(13-22)34-28(40)35(26-11-5-8-23(14-26)20(2)32-17-38)30(42)36(29(34)41)27-12-6-9-24(15-27)21(3)33-18-39/h19-27H,4-15H2,1-3H3. The van der Waals surface area contributed by atoms with E-state index in [-0.39, 0.29) is 35.9 Å². The average Bonchev–Trinajstić information content (AvgIpc) is 2.98. The number of rotatable bonds is 9. The normalized spacial score (nSPS) is 30.1. The minimum atomic E-state index is -0.595. The molecule has 3 saturated carbocycles. The van der Waals surface area contributed by atoms with Gasteiger partial charge in [-0.05, 0) is 96.3 Å². The summed E-state index contributed by atoms with van der Waals surface area (Å²) in [7, 11) is 0. The Bertz CT molecular complexity index is 1240. The van der Waals surface area contributed by atoms with E-state index in [9.17, 15) is 28.8 Å². The number of nitrogens with zero attached hydrogens (tertiary/aromatic N) is 6. The molecule has 3 fully saturated rings. The molecule has 9 unspecified atom stereocenters. The lowest BCUT2D eigenvalue weighted by atomic mass is 9.81. The Morgan fingerprint density at radius 3 is 1.02 bits per heavy atom. The molecule has 0 radical (unpaired) electrons. The van der Waals surface area contributed by atoms with Crippen molar-refractivity contribution in [3.05, 3.63) is 31.5 Å². The molecule has 42 heavy (non-hydrogen) atoms. The number of aliphatic imine (C=N–C) groups is 3. The summed E-state index contributed by atoms with van der Waals surface area (Å²) in [6.45, 7) is 5.53. The van der Waals surface area contributed by atoms with Crippen LogP contribution in [0.2, 0.25) is 0 Å². The van der Waals surface area contributed by atoms with Gasteiger partial charge < -0.3 is 0 Å². The van der Waals surface area contributed by atoms with Gasteiger partial charge in [-0.25, -0.2) is 57.4 Å². The first kappa shape index (κ1) is 31.5. The third kappa shape index (κ3) is 6.62. The highest BCUT2D eigenvalue weighted by molar-refractivity contribution is 5.34. The van der Waals surface area contributed by atoms with Gasteiger partial charge in [0.1, 0.15) is 0 Å². The summed E-state index contributed by atoms with van der Waals surface area (Å²) in [5, 5.41) is 0. The molecular formula is C30H42N6O6. The van der Waals surface area contributed by atoms with Gasteiger partial charge in [-0.15, -0.1) is 0 Å². The molecule has 9 atom stereocenters. The maximum Gasteiger partial charge on any atom is 0.336 e. The topological polar surface area (TPSA) is 154 Å². The number of carbonyl (C=O) groups excluding carboxylic acids is 3. The highest BCUT2D eigenvalue weighted by atomic mass is 16.2. The van der Waals surface area contributed by atoms with E-state index in [0.29, 0.717) is 38.5 Å². The first-order valence-corrected chi connectivity index (χ1v) is 15.4. The van der Waals surface area contributed by atoms with Crippen LogP contribution in [0.15, 0.2) is 29.4 Å². The van der Waals surface area contributed by atoms with Gasteiger partial charge in [-0.3, -0.25) is 0 Å². The quantitative estimate of drug-likeness (QED) is 0.320. The smallest absolute Gasteiger partial charge is 0.247 e. The molecule has 0 bridgehead atoms. The number of aromatic nitrogens is 3. The van der Waals surface area contributed by atoms with Crippen molar-refractivity contribution in [2.24, 2.45) is 32.7 Å². The fraction of sp³-hybridized carbons (Fsp3) is 0.800. The van der Waals surface area contributed by atoms with Crippen LogP contribution in [0.1, 0.15) is 116 Å². The van der Waals surface area contributed by atoms with Crippen molar-refractivity contribution in [2.75, 3.05) is 0 Å². The van der Waals surface area contributed by atoms with Crippen LogP contribution < -0.4 is 17.1 Å². The summed E-state index contributed by atoms with van der Waals surface area (Å²) in [6.07, 6.45) is 13.0. The monoisotopic (exact) mass is 582 g/mol. The summed E-state index contributed by atoms with van der Waals surface area (Å²) in [6, 6.07) is -2.14. The molecule has 3 aliphatic carbocycles. The van der Waals surface area contributed by atoms with Crippen molar-refractivity contribution in [2.45, 2.75) is 134 Å². The van der Waals surface area contributed by atoms with Gasteiger partial charge in [0.15, 0.2) is 0 Å². The highest BCUT2D eigenvalue weighted by Gasteiger charge is 2.36. The van der Waals surface area contributed by atoms with Crippen LogP contribution in [0.4, 0.5) is 0 Å². The molecule has 0 spiro atoms. The SMILES string of the molecule is CC(N=C=O)C1CCCC(n2c(=O)n(C3CCCC(C(C)N=C=O)C3)c(=O)n(C3CCCC(C(C)N=C=O)C3)c2=O)C1. The van der Waals surface area contributed by atoms with Crippen LogP contribution in [-0.4, -0.2) is 50.1 Å². The van der Waals surface area contributed by atoms with Crippen LogP contribution in [0.3, 0.4) is 0 Å². The zero-order valence-electron chi connectivity index (χ0n) is 24.8. The number of hydrogen-bond donors (Lipinski definition) is 0. The molecule has 0 amide bonds. The second kappa shape index (κ2) is 14.1. The second-order valence-electron chi connectivity index (χ2n) is 12.6. The lowest BCUT2D eigenvalue weighted by molar-refractivity contribution is 0.182. The molecule has 1 heterocycles. The van der Waals surface area contributed by atoms with Crippen LogP contribution >= 0.6 is 0 Å². The van der Waals surface area contributed by atoms with Gasteiger partial charge >= 0.3 is 17.1 Å². The fourth-order valence-electron chi connectivity index (χ4n) is 7.72. The summed E-state index contributed by atoms with van der Waals surface area (Å²) in [5.74, 6) is 0.0210. The van der Waals surface area contributed by atoms with Crippen LogP contribution in [0.5, 0.6) is 0 Å². The fourth-order valence-corrected chi connectivity index (χ4v) is 7.72. The maximum absolute atomic E-state index is 14.2. The molecule has 0 aliphatic heterocycles. The van der Waals surface area contributed by atoms with Gasteiger partial charge in [0.05, 0.1) is 18.1 Å². The molecule has 0 aromatic carbocycles. The van der Waals surface area contributed by atoms with Crippen molar-refractivity contribution in [1.29, 1.82) is 0 Å². The van der Waals surface area contributed by atoms with Gasteiger partial charge in [0.2, 0.25) is 18.2 Å². The molecule has 1 aromatic heterocycles. The Hall–Kier alpha value is -3.45. The van der Waals surface area contributed by atoms with E-state index >= 15 is 0 Å². The molecule has 1 aromatic rings. The predicted octanol–water partition coefficient (Wildman–Crippen LogP) is 3.54. The summed E-state index contributed by atoms with van der Waals surface area (Å²) >= 11 is 0. The minimum absolute atomic E-state index is 0.00700. The van der Waals surface area contributed by atoms with Crippen LogP contribution in [0, 0.1) is 17.8 Å². The van der Waals surface area contributed by atoms with Crippen molar-refractivity contribution in [3.63, 3.8) is 0 Å². The lowest BCUT2D eigenvalue weighted by Crippen LogP contribution is -2.58. The number of isocyanates is 3. The Labute approximate surface area is 244 Å². The second-order valence-corrected chi connectivity index (χ2v) is 12.6. The first-order chi connectivity index (χ1) is 20.2. The lowest BCUT2D eigenvalue weighted by Gasteiger charge is -2.36. The summed E-state index contributed by atoms with van der Waals surface area (Å²) in [5.41, 5.74) is -1.79. The van der Waals surface area contributed by atoms with Gasteiger partial charge in [-0.2, -0.15) is 0 Å². The van der Waals surface area contributed by atoms with E-state index in [1.165, 1.54) is 13.7 Å². The molecule has 0 saturated heterocycles. The van der Waals surface area contributed by atoms with E-state index in [0.717, 1.165) is 38.5 Å². The van der Waals surface area contributed by atoms with Crippen LogP contribution in [0.25, 0.3) is 0 Å². The predicted molar refractivity (Wildman–Crippen MR) is 155 cm³/mol.